The highest BCUT2D eigenvalue weighted by Crippen LogP contribution is 2.20. The Kier molecular flexibility index (Phi) is 1.88. The van der Waals surface area contributed by atoms with E-state index in [2.05, 4.69) is 43.5 Å². The van der Waals surface area contributed by atoms with Crippen molar-refractivity contribution in [3.8, 4) is 0 Å². The fourth-order valence-corrected chi connectivity index (χ4v) is 1.71. The van der Waals surface area contributed by atoms with Crippen LogP contribution in [0.25, 0.3) is 11.1 Å². The second-order valence-electron chi connectivity index (χ2n) is 2.08. The normalized spacial score (nSPS) is 10.7. The molecule has 0 unspecified atom stereocenters. The maximum absolute atomic E-state index is 5.29. The molecule has 2 nitrogen and oxygen atoms in total. The Balaban J connectivity index is 2.82. The third-order valence-electron chi connectivity index (χ3n) is 1.32. The number of hydrogen-bond acceptors (Lipinski definition) is 2. The monoisotopic (exact) mass is 323 g/mol. The number of benzene rings is 1. The van der Waals surface area contributed by atoms with E-state index in [1.807, 2.05) is 18.2 Å². The molecule has 11 heavy (non-hydrogen) atoms. The molecule has 0 aliphatic rings. The summed E-state index contributed by atoms with van der Waals surface area (Å²) in [4.78, 5) is 4.15. The molecule has 4 heteroatoms. The van der Waals surface area contributed by atoms with Crippen molar-refractivity contribution in [1.82, 2.24) is 4.98 Å². The van der Waals surface area contributed by atoms with Gasteiger partial charge in [0.15, 0.2) is 5.58 Å². The first-order valence-electron chi connectivity index (χ1n) is 2.97. The average molecular weight is 324 g/mol. The molecule has 0 fully saturated rings. The van der Waals surface area contributed by atoms with E-state index in [0.29, 0.717) is 3.90 Å². The molecule has 0 bridgehead atoms. The minimum absolute atomic E-state index is 0.677. The molecule has 0 aliphatic carbocycles. The molecule has 0 saturated carbocycles. The van der Waals surface area contributed by atoms with E-state index in [1.165, 1.54) is 0 Å². The smallest absolute Gasteiger partial charge is 0.258 e. The summed E-state index contributed by atoms with van der Waals surface area (Å²) < 4.78 is 6.98. The van der Waals surface area contributed by atoms with Crippen LogP contribution in [0.4, 0.5) is 0 Å². The van der Waals surface area contributed by atoms with Crippen LogP contribution >= 0.6 is 38.5 Å². The van der Waals surface area contributed by atoms with Crippen LogP contribution in [0.15, 0.2) is 27.1 Å². The molecule has 0 N–H and O–H groups in total. The average Bonchev–Trinajstić information content (AvgIpc) is 2.27. The summed E-state index contributed by atoms with van der Waals surface area (Å²) >= 11 is 5.40. The zero-order chi connectivity index (χ0) is 7.84. The number of nitrogens with zero attached hydrogens (tertiary/aromatic N) is 1. The molecule has 1 aromatic heterocycles. The van der Waals surface area contributed by atoms with Gasteiger partial charge in [0.25, 0.3) is 3.90 Å². The Bertz CT molecular complexity index is 398. The van der Waals surface area contributed by atoms with Gasteiger partial charge in [-0.3, -0.25) is 0 Å². The van der Waals surface area contributed by atoms with Gasteiger partial charge < -0.3 is 4.42 Å². The van der Waals surface area contributed by atoms with E-state index >= 15 is 0 Å². The maximum atomic E-state index is 5.29. The largest absolute Gasteiger partial charge is 0.432 e. The summed E-state index contributed by atoms with van der Waals surface area (Å²) in [6, 6.07) is 5.77. The first-order chi connectivity index (χ1) is 5.25. The fraction of sp³-hybridized carbons (Fsp3) is 0. The van der Waals surface area contributed by atoms with Crippen molar-refractivity contribution in [3.05, 3.63) is 26.6 Å². The molecule has 1 aromatic carbocycles. The third-order valence-corrected chi connectivity index (χ3v) is 2.28. The van der Waals surface area contributed by atoms with Crippen molar-refractivity contribution < 1.29 is 4.42 Å². The summed E-state index contributed by atoms with van der Waals surface area (Å²) in [5, 5.41) is 0. The van der Waals surface area contributed by atoms with Gasteiger partial charge in [-0.05, 0) is 18.2 Å². The number of aromatic nitrogens is 1. The summed E-state index contributed by atoms with van der Waals surface area (Å²) in [7, 11) is 0. The van der Waals surface area contributed by atoms with Crippen LogP contribution in [0.1, 0.15) is 0 Å². The number of hydrogen-bond donors (Lipinski definition) is 0. The molecular formula is C7H3BrINO. The predicted octanol–water partition coefficient (Wildman–Crippen LogP) is 3.19. The van der Waals surface area contributed by atoms with Crippen LogP contribution in [-0.2, 0) is 0 Å². The SMILES string of the molecule is Brc1ccc2nc(I)oc2c1. The van der Waals surface area contributed by atoms with Crippen LogP contribution in [-0.4, -0.2) is 4.98 Å². The van der Waals surface area contributed by atoms with Crippen LogP contribution < -0.4 is 0 Å². The van der Waals surface area contributed by atoms with E-state index in [4.69, 9.17) is 4.42 Å². The van der Waals surface area contributed by atoms with Gasteiger partial charge >= 0.3 is 0 Å². The van der Waals surface area contributed by atoms with Crippen molar-refractivity contribution in [2.45, 2.75) is 0 Å². The van der Waals surface area contributed by atoms with E-state index in [-0.39, 0.29) is 0 Å². The summed E-state index contributed by atoms with van der Waals surface area (Å²) in [5.74, 6) is 0. The summed E-state index contributed by atoms with van der Waals surface area (Å²) in [6.07, 6.45) is 0. The van der Waals surface area contributed by atoms with Crippen LogP contribution in [0.2, 0.25) is 0 Å². The molecular weight excluding hydrogens is 321 g/mol. The molecule has 1 heterocycles. The predicted molar refractivity (Wildman–Crippen MR) is 54.4 cm³/mol. The Hall–Kier alpha value is -0.100. The first kappa shape index (κ1) is 7.54. The molecule has 0 saturated heterocycles. The minimum Gasteiger partial charge on any atom is -0.432 e. The van der Waals surface area contributed by atoms with Crippen LogP contribution in [0.3, 0.4) is 0 Å². The second kappa shape index (κ2) is 2.75. The number of halogens is 2. The van der Waals surface area contributed by atoms with E-state index in [9.17, 15) is 0 Å². The Labute approximate surface area is 85.3 Å². The van der Waals surface area contributed by atoms with Crippen molar-refractivity contribution >= 4 is 49.6 Å². The van der Waals surface area contributed by atoms with Gasteiger partial charge in [-0.1, -0.05) is 15.9 Å². The second-order valence-corrected chi connectivity index (χ2v) is 3.92. The molecule has 0 radical (unpaired) electrons. The molecule has 2 rings (SSSR count). The molecule has 0 amide bonds. The number of fused-ring (bicyclic) bond motifs is 1. The minimum atomic E-state index is 0.677. The lowest BCUT2D eigenvalue weighted by atomic mass is 10.3. The van der Waals surface area contributed by atoms with Crippen LogP contribution in [0, 0.1) is 3.90 Å². The Morgan fingerprint density at radius 1 is 1.45 bits per heavy atom. The van der Waals surface area contributed by atoms with Crippen LogP contribution in [0.5, 0.6) is 0 Å². The Morgan fingerprint density at radius 3 is 3.09 bits per heavy atom. The lowest BCUT2D eigenvalue weighted by Crippen LogP contribution is -1.67. The van der Waals surface area contributed by atoms with Crippen molar-refractivity contribution in [2.75, 3.05) is 0 Å². The standard InChI is InChI=1S/C7H3BrINO/c8-4-1-2-5-6(3-4)11-7(9)10-5/h1-3H. The lowest BCUT2D eigenvalue weighted by molar-refractivity contribution is 0.566. The molecule has 56 valence electrons. The maximum Gasteiger partial charge on any atom is 0.258 e. The van der Waals surface area contributed by atoms with Gasteiger partial charge in [0.05, 0.1) is 0 Å². The first-order valence-corrected chi connectivity index (χ1v) is 4.84. The quantitative estimate of drug-likeness (QED) is 0.696. The molecule has 0 atom stereocenters. The highest BCUT2D eigenvalue weighted by molar-refractivity contribution is 14.1. The number of rotatable bonds is 0. The van der Waals surface area contributed by atoms with Crippen molar-refractivity contribution in [2.24, 2.45) is 0 Å². The highest BCUT2D eigenvalue weighted by Gasteiger charge is 2.01. The summed E-state index contributed by atoms with van der Waals surface area (Å²) in [5.41, 5.74) is 1.72. The summed E-state index contributed by atoms with van der Waals surface area (Å²) in [6.45, 7) is 0. The topological polar surface area (TPSA) is 26.0 Å². The number of oxazole rings is 1. The molecule has 0 aliphatic heterocycles. The zero-order valence-corrected chi connectivity index (χ0v) is 9.09. The van der Waals surface area contributed by atoms with Gasteiger partial charge in [0.2, 0.25) is 0 Å². The Morgan fingerprint density at radius 2 is 2.27 bits per heavy atom. The molecule has 2 aromatic rings. The van der Waals surface area contributed by atoms with Crippen molar-refractivity contribution in [1.29, 1.82) is 0 Å². The zero-order valence-electron chi connectivity index (χ0n) is 5.34. The van der Waals surface area contributed by atoms with Gasteiger partial charge in [-0.2, -0.15) is 0 Å². The van der Waals surface area contributed by atoms with Gasteiger partial charge in [-0.25, -0.2) is 4.98 Å². The lowest BCUT2D eigenvalue weighted by Gasteiger charge is -1.85. The van der Waals surface area contributed by atoms with Crippen molar-refractivity contribution in [3.63, 3.8) is 0 Å². The third kappa shape index (κ3) is 1.41. The van der Waals surface area contributed by atoms with Gasteiger partial charge in [0.1, 0.15) is 5.52 Å². The fourth-order valence-electron chi connectivity index (χ4n) is 0.870. The van der Waals surface area contributed by atoms with Gasteiger partial charge in [0, 0.05) is 27.1 Å². The highest BCUT2D eigenvalue weighted by atomic mass is 127. The van der Waals surface area contributed by atoms with E-state index in [0.717, 1.165) is 15.6 Å². The van der Waals surface area contributed by atoms with Gasteiger partial charge in [-0.15, -0.1) is 0 Å². The molecule has 0 spiro atoms. The van der Waals surface area contributed by atoms with E-state index < -0.39 is 0 Å². The van der Waals surface area contributed by atoms with E-state index in [1.54, 1.807) is 0 Å².